The number of benzene rings is 1. The molecule has 1 amide bonds. The molecule has 0 aromatic heterocycles. The van der Waals surface area contributed by atoms with Gasteiger partial charge in [0, 0.05) is 36.6 Å². The second kappa shape index (κ2) is 10.2. The van der Waals surface area contributed by atoms with Crippen LogP contribution in [-0.2, 0) is 19.6 Å². The molecule has 168 valence electrons. The van der Waals surface area contributed by atoms with E-state index >= 15 is 0 Å². The summed E-state index contributed by atoms with van der Waals surface area (Å²) in [7, 11) is -3.80. The third-order valence-corrected chi connectivity index (χ3v) is 7.62. The molecule has 30 heavy (non-hydrogen) atoms. The van der Waals surface area contributed by atoms with Crippen molar-refractivity contribution >= 4 is 33.4 Å². The van der Waals surface area contributed by atoms with Gasteiger partial charge < -0.3 is 14.8 Å². The second-order valence-corrected chi connectivity index (χ2v) is 10.8. The Morgan fingerprint density at radius 2 is 1.97 bits per heavy atom. The fourth-order valence-electron chi connectivity index (χ4n) is 3.71. The lowest BCUT2D eigenvalue weighted by molar-refractivity contribution is -0.119. The van der Waals surface area contributed by atoms with Crippen molar-refractivity contribution < 1.29 is 22.7 Å². The molecule has 0 spiro atoms. The Balaban J connectivity index is 1.52. The third kappa shape index (κ3) is 6.50. The fourth-order valence-corrected chi connectivity index (χ4v) is 6.20. The Morgan fingerprint density at radius 1 is 1.27 bits per heavy atom. The van der Waals surface area contributed by atoms with Crippen molar-refractivity contribution in [3.8, 4) is 5.75 Å². The van der Waals surface area contributed by atoms with Crippen molar-refractivity contribution in [2.24, 2.45) is 0 Å². The van der Waals surface area contributed by atoms with Gasteiger partial charge in [-0.2, -0.15) is 11.8 Å². The van der Waals surface area contributed by atoms with Crippen molar-refractivity contribution in [3.05, 3.63) is 24.3 Å². The van der Waals surface area contributed by atoms with Crippen LogP contribution in [0.3, 0.4) is 0 Å². The van der Waals surface area contributed by atoms with Crippen LogP contribution >= 0.6 is 11.8 Å². The van der Waals surface area contributed by atoms with Gasteiger partial charge in [-0.05, 0) is 50.3 Å². The molecule has 1 atom stereocenters. The Kier molecular flexibility index (Phi) is 7.89. The van der Waals surface area contributed by atoms with Gasteiger partial charge in [-0.25, -0.2) is 8.42 Å². The quantitative estimate of drug-likeness (QED) is 0.581. The monoisotopic (exact) mass is 457 g/mol. The lowest BCUT2D eigenvalue weighted by Gasteiger charge is -2.43. The zero-order chi connectivity index (χ0) is 21.6. The normalized spacial score (nSPS) is 22.8. The van der Waals surface area contributed by atoms with E-state index < -0.39 is 21.7 Å². The molecular weight excluding hydrogens is 426 g/mol. The molecule has 3 rings (SSSR count). The van der Waals surface area contributed by atoms with Gasteiger partial charge in [0.2, 0.25) is 15.9 Å². The number of hydrogen-bond acceptors (Lipinski definition) is 7. The van der Waals surface area contributed by atoms with Crippen molar-refractivity contribution in [3.63, 3.8) is 0 Å². The maximum atomic E-state index is 12.4. The van der Waals surface area contributed by atoms with Gasteiger partial charge >= 0.3 is 0 Å². The van der Waals surface area contributed by atoms with Gasteiger partial charge in [0.1, 0.15) is 11.5 Å². The first-order valence-electron chi connectivity index (χ1n) is 10.2. The van der Waals surface area contributed by atoms with Crippen LogP contribution in [-0.4, -0.2) is 81.0 Å². The largest absolute Gasteiger partial charge is 0.491 e. The van der Waals surface area contributed by atoms with Crippen LogP contribution < -0.4 is 14.8 Å². The summed E-state index contributed by atoms with van der Waals surface area (Å²) in [5, 5.41) is 2.86. The Bertz CT molecular complexity index is 802. The van der Waals surface area contributed by atoms with Crippen molar-refractivity contribution in [2.75, 3.05) is 54.8 Å². The van der Waals surface area contributed by atoms with E-state index in [1.807, 2.05) is 25.6 Å². The smallest absolute Gasteiger partial charge is 0.241 e. The molecule has 2 N–H and O–H groups in total. The highest BCUT2D eigenvalue weighted by Gasteiger charge is 2.41. The summed E-state index contributed by atoms with van der Waals surface area (Å²) >= 11 is 1.87. The number of carbonyl (C=O) groups excluding carboxylic acids is 1. The molecule has 1 aromatic carbocycles. The average molecular weight is 458 g/mol. The van der Waals surface area contributed by atoms with Gasteiger partial charge in [-0.3, -0.25) is 14.4 Å². The number of carbonyl (C=O) groups is 1. The molecule has 1 unspecified atom stereocenters. The summed E-state index contributed by atoms with van der Waals surface area (Å²) in [5.41, 5.74) is 0.281. The molecule has 2 saturated heterocycles. The molecule has 0 bridgehead atoms. The van der Waals surface area contributed by atoms with E-state index in [0.717, 1.165) is 31.0 Å². The number of amides is 1. The van der Waals surface area contributed by atoms with E-state index in [9.17, 15) is 13.2 Å². The van der Waals surface area contributed by atoms with Crippen LogP contribution in [0.15, 0.2) is 24.3 Å². The van der Waals surface area contributed by atoms with Crippen molar-refractivity contribution in [1.29, 1.82) is 0 Å². The van der Waals surface area contributed by atoms with Crippen LogP contribution in [0.4, 0.5) is 5.69 Å². The van der Waals surface area contributed by atoms with E-state index in [1.54, 1.807) is 24.3 Å². The predicted molar refractivity (Wildman–Crippen MR) is 120 cm³/mol. The van der Waals surface area contributed by atoms with Gasteiger partial charge in [0.25, 0.3) is 0 Å². The zero-order valence-electron chi connectivity index (χ0n) is 17.6. The molecule has 2 heterocycles. The number of thioether (sulfide) groups is 1. The highest BCUT2D eigenvalue weighted by atomic mass is 32.2. The summed E-state index contributed by atoms with van der Waals surface area (Å²) < 4.78 is 38.3. The lowest BCUT2D eigenvalue weighted by Crippen LogP contribution is -2.59. The molecule has 10 heteroatoms. The number of morpholine rings is 1. The molecule has 0 radical (unpaired) electrons. The minimum Gasteiger partial charge on any atom is -0.491 e. The number of anilines is 1. The Hall–Kier alpha value is -1.49. The summed E-state index contributed by atoms with van der Waals surface area (Å²) in [6, 6.07) is 6.64. The first-order chi connectivity index (χ1) is 14.3. The lowest BCUT2D eigenvalue weighted by atomic mass is 9.95. The Labute approximate surface area is 183 Å². The van der Waals surface area contributed by atoms with Gasteiger partial charge in [-0.1, -0.05) is 0 Å². The van der Waals surface area contributed by atoms with Gasteiger partial charge in [0.15, 0.2) is 0 Å². The topological polar surface area (TPSA) is 97.0 Å². The van der Waals surface area contributed by atoms with Crippen LogP contribution in [0.2, 0.25) is 0 Å². The first kappa shape index (κ1) is 23.2. The molecular formula is C20H31N3O5S2. The highest BCUT2D eigenvalue weighted by Crippen LogP contribution is 2.33. The molecule has 2 aliphatic rings. The van der Waals surface area contributed by atoms with Crippen molar-refractivity contribution in [1.82, 2.24) is 10.2 Å². The molecule has 1 aromatic rings. The summed E-state index contributed by atoms with van der Waals surface area (Å²) in [6.07, 6.45) is 1.02. The number of nitrogens with one attached hydrogen (secondary N) is 2. The predicted octanol–water partition coefficient (Wildman–Crippen LogP) is 1.54. The minimum absolute atomic E-state index is 0.0373. The second-order valence-electron chi connectivity index (χ2n) is 7.96. The third-order valence-electron chi connectivity index (χ3n) is 5.20. The van der Waals surface area contributed by atoms with E-state index in [1.165, 1.54) is 0 Å². The maximum absolute atomic E-state index is 12.4. The standard InChI is InChI=1S/C20H31N3O5S2/c1-16(2)28-18-5-3-17(4-6-18)22-30(25,26)13-19(24)21-14-20(7-12-29-15-20)23-8-10-27-11-9-23/h3-6,16,22H,7-15H2,1-2H3,(H,21,24). The van der Waals surface area contributed by atoms with Gasteiger partial charge in [-0.15, -0.1) is 0 Å². The Morgan fingerprint density at radius 3 is 2.57 bits per heavy atom. The number of sulfonamides is 1. The molecule has 0 aliphatic carbocycles. The maximum Gasteiger partial charge on any atom is 0.241 e. The summed E-state index contributed by atoms with van der Waals surface area (Å²) in [5.74, 6) is 1.54. The average Bonchev–Trinajstić information content (AvgIpc) is 3.18. The van der Waals surface area contributed by atoms with E-state index in [2.05, 4.69) is 14.9 Å². The fraction of sp³-hybridized carbons (Fsp3) is 0.650. The number of hydrogen-bond donors (Lipinski definition) is 2. The molecule has 0 saturated carbocycles. The van der Waals surface area contributed by atoms with Gasteiger partial charge in [0.05, 0.1) is 19.3 Å². The van der Waals surface area contributed by atoms with E-state index in [-0.39, 0.29) is 11.6 Å². The SMILES string of the molecule is CC(C)Oc1ccc(NS(=O)(=O)CC(=O)NCC2(N3CCOCC3)CCSC2)cc1. The van der Waals surface area contributed by atoms with Crippen molar-refractivity contribution in [2.45, 2.75) is 31.9 Å². The number of rotatable bonds is 9. The van der Waals surface area contributed by atoms with Crippen LogP contribution in [0.5, 0.6) is 5.75 Å². The molecule has 2 fully saturated rings. The first-order valence-corrected chi connectivity index (χ1v) is 13.0. The van der Waals surface area contributed by atoms with Crippen LogP contribution in [0.1, 0.15) is 20.3 Å². The van der Waals surface area contributed by atoms with E-state index in [0.29, 0.717) is 31.2 Å². The zero-order valence-corrected chi connectivity index (χ0v) is 19.2. The van der Waals surface area contributed by atoms with Crippen LogP contribution in [0.25, 0.3) is 0 Å². The molecule has 8 nitrogen and oxygen atoms in total. The van der Waals surface area contributed by atoms with Crippen LogP contribution in [0, 0.1) is 0 Å². The minimum atomic E-state index is -3.80. The summed E-state index contributed by atoms with van der Waals surface area (Å²) in [6.45, 7) is 7.36. The number of nitrogens with zero attached hydrogens (tertiary/aromatic N) is 1. The number of ether oxygens (including phenoxy) is 2. The summed E-state index contributed by atoms with van der Waals surface area (Å²) in [4.78, 5) is 14.8. The van der Waals surface area contributed by atoms with E-state index in [4.69, 9.17) is 9.47 Å². The molecule has 2 aliphatic heterocycles. The highest BCUT2D eigenvalue weighted by molar-refractivity contribution is 7.99.